The van der Waals surface area contributed by atoms with Crippen molar-refractivity contribution in [1.82, 2.24) is 14.3 Å². The van der Waals surface area contributed by atoms with Crippen molar-refractivity contribution >= 4 is 23.1 Å². The molecular formula is C19H21N5O. The Labute approximate surface area is 146 Å². The maximum atomic E-state index is 12.4. The molecule has 2 amide bonds. The molecule has 1 aliphatic heterocycles. The van der Waals surface area contributed by atoms with Crippen LogP contribution in [0.1, 0.15) is 18.4 Å². The Bertz CT molecular complexity index is 940. The van der Waals surface area contributed by atoms with E-state index < -0.39 is 0 Å². The van der Waals surface area contributed by atoms with Gasteiger partial charge in [0.15, 0.2) is 5.65 Å². The van der Waals surface area contributed by atoms with Crippen LogP contribution in [0.5, 0.6) is 0 Å². The smallest absolute Gasteiger partial charge is 0.321 e. The molecule has 6 nitrogen and oxygen atoms in total. The van der Waals surface area contributed by atoms with Gasteiger partial charge in [-0.25, -0.2) is 9.78 Å². The SMILES string of the molecule is Cc1c(NC(=O)N2CCCC2)cccc1-c1cc(N)c2nccn2c1. The highest BCUT2D eigenvalue weighted by molar-refractivity contribution is 5.92. The van der Waals surface area contributed by atoms with Gasteiger partial charge in [0, 0.05) is 42.9 Å². The van der Waals surface area contributed by atoms with Crippen LogP contribution >= 0.6 is 0 Å². The van der Waals surface area contributed by atoms with E-state index in [-0.39, 0.29) is 6.03 Å². The summed E-state index contributed by atoms with van der Waals surface area (Å²) in [5, 5.41) is 3.05. The van der Waals surface area contributed by atoms with Crippen LogP contribution in [0.2, 0.25) is 0 Å². The number of nitrogens with two attached hydrogens (primary N) is 1. The van der Waals surface area contributed by atoms with Gasteiger partial charge in [0.1, 0.15) is 0 Å². The minimum Gasteiger partial charge on any atom is -0.396 e. The number of imidazole rings is 1. The van der Waals surface area contributed by atoms with Crippen molar-refractivity contribution in [3.8, 4) is 11.1 Å². The molecule has 0 saturated carbocycles. The van der Waals surface area contributed by atoms with Gasteiger partial charge in [0.25, 0.3) is 0 Å². The Balaban J connectivity index is 1.69. The van der Waals surface area contributed by atoms with Gasteiger partial charge in [-0.2, -0.15) is 0 Å². The van der Waals surface area contributed by atoms with Gasteiger partial charge in [-0.1, -0.05) is 12.1 Å². The standard InChI is InChI=1S/C19H21N5O/c1-13-15(14-11-16(20)18-21-7-10-24(18)12-14)5-4-6-17(13)22-19(25)23-8-2-3-9-23/h4-7,10-12H,2-3,8-9,20H2,1H3,(H,22,25). The van der Waals surface area contributed by atoms with E-state index in [1.807, 2.05) is 52.9 Å². The number of hydrogen-bond donors (Lipinski definition) is 2. The zero-order chi connectivity index (χ0) is 17.4. The predicted molar refractivity (Wildman–Crippen MR) is 99.6 cm³/mol. The lowest BCUT2D eigenvalue weighted by Crippen LogP contribution is -2.32. The van der Waals surface area contributed by atoms with Crippen LogP contribution in [0.3, 0.4) is 0 Å². The topological polar surface area (TPSA) is 75.7 Å². The van der Waals surface area contributed by atoms with Crippen molar-refractivity contribution in [2.45, 2.75) is 19.8 Å². The summed E-state index contributed by atoms with van der Waals surface area (Å²) in [6, 6.07) is 7.83. The second-order valence-electron chi connectivity index (χ2n) is 6.44. The van der Waals surface area contributed by atoms with Gasteiger partial charge in [-0.3, -0.25) is 0 Å². The number of amides is 2. The molecule has 2 aromatic heterocycles. The molecule has 0 radical (unpaired) electrons. The molecule has 3 aromatic rings. The van der Waals surface area contributed by atoms with Gasteiger partial charge in [0.2, 0.25) is 0 Å². The van der Waals surface area contributed by atoms with Crippen LogP contribution in [-0.2, 0) is 0 Å². The quantitative estimate of drug-likeness (QED) is 0.752. The third-order valence-electron chi connectivity index (χ3n) is 4.80. The van der Waals surface area contributed by atoms with Gasteiger partial charge in [-0.05, 0) is 43.0 Å². The highest BCUT2D eigenvalue weighted by Crippen LogP contribution is 2.31. The van der Waals surface area contributed by atoms with Gasteiger partial charge in [-0.15, -0.1) is 0 Å². The summed E-state index contributed by atoms with van der Waals surface area (Å²) < 4.78 is 1.92. The number of urea groups is 1. The Morgan fingerprint density at radius 2 is 2.08 bits per heavy atom. The van der Waals surface area contributed by atoms with E-state index >= 15 is 0 Å². The zero-order valence-corrected chi connectivity index (χ0v) is 14.2. The van der Waals surface area contributed by atoms with Crippen molar-refractivity contribution in [2.24, 2.45) is 0 Å². The number of carbonyl (C=O) groups excluding carboxylic acids is 1. The first-order valence-electron chi connectivity index (χ1n) is 8.51. The van der Waals surface area contributed by atoms with Crippen LogP contribution in [0.25, 0.3) is 16.8 Å². The number of pyridine rings is 1. The van der Waals surface area contributed by atoms with E-state index in [9.17, 15) is 4.79 Å². The van der Waals surface area contributed by atoms with Crippen LogP contribution in [0.15, 0.2) is 42.9 Å². The van der Waals surface area contributed by atoms with Crippen LogP contribution in [0, 0.1) is 6.92 Å². The zero-order valence-electron chi connectivity index (χ0n) is 14.2. The largest absolute Gasteiger partial charge is 0.396 e. The Hall–Kier alpha value is -3.02. The normalized spacial score (nSPS) is 14.2. The van der Waals surface area contributed by atoms with E-state index in [1.54, 1.807) is 6.20 Å². The number of likely N-dealkylation sites (tertiary alicyclic amines) is 1. The number of hydrogen-bond acceptors (Lipinski definition) is 3. The molecule has 1 fully saturated rings. The number of carbonyl (C=O) groups is 1. The summed E-state index contributed by atoms with van der Waals surface area (Å²) in [6.07, 6.45) is 7.78. The molecule has 6 heteroatoms. The van der Waals surface area contributed by atoms with Crippen LogP contribution in [0.4, 0.5) is 16.2 Å². The lowest BCUT2D eigenvalue weighted by molar-refractivity contribution is 0.222. The van der Waals surface area contributed by atoms with E-state index in [2.05, 4.69) is 10.3 Å². The van der Waals surface area contributed by atoms with Crippen molar-refractivity contribution < 1.29 is 4.79 Å². The van der Waals surface area contributed by atoms with E-state index in [4.69, 9.17) is 5.73 Å². The number of benzene rings is 1. The molecule has 128 valence electrons. The second kappa shape index (κ2) is 6.12. The molecule has 4 rings (SSSR count). The third-order valence-corrected chi connectivity index (χ3v) is 4.80. The maximum Gasteiger partial charge on any atom is 0.321 e. The summed E-state index contributed by atoms with van der Waals surface area (Å²) in [5.74, 6) is 0. The molecule has 25 heavy (non-hydrogen) atoms. The first kappa shape index (κ1) is 15.5. The average molecular weight is 335 g/mol. The molecule has 0 spiro atoms. The maximum absolute atomic E-state index is 12.4. The fourth-order valence-corrected chi connectivity index (χ4v) is 3.41. The molecular weight excluding hydrogens is 314 g/mol. The number of aromatic nitrogens is 2. The highest BCUT2D eigenvalue weighted by Gasteiger charge is 2.19. The van der Waals surface area contributed by atoms with Gasteiger partial charge in [0.05, 0.1) is 5.69 Å². The van der Waals surface area contributed by atoms with E-state index in [1.165, 1.54) is 0 Å². The van der Waals surface area contributed by atoms with Gasteiger partial charge >= 0.3 is 6.03 Å². The number of fused-ring (bicyclic) bond motifs is 1. The first-order valence-corrected chi connectivity index (χ1v) is 8.51. The second-order valence-corrected chi connectivity index (χ2v) is 6.44. The molecule has 3 heterocycles. The number of anilines is 2. The Kier molecular flexibility index (Phi) is 3.80. The van der Waals surface area contributed by atoms with Crippen molar-refractivity contribution in [1.29, 1.82) is 0 Å². The number of nitrogen functional groups attached to an aromatic ring is 1. The molecule has 0 unspecified atom stereocenters. The summed E-state index contributed by atoms with van der Waals surface area (Å²) in [4.78, 5) is 18.5. The van der Waals surface area contributed by atoms with Crippen molar-refractivity contribution in [2.75, 3.05) is 24.1 Å². The number of nitrogens with one attached hydrogen (secondary N) is 1. The minimum absolute atomic E-state index is 0.0256. The third kappa shape index (κ3) is 2.80. The van der Waals surface area contributed by atoms with Crippen molar-refractivity contribution in [3.05, 3.63) is 48.4 Å². The highest BCUT2D eigenvalue weighted by atomic mass is 16.2. The van der Waals surface area contributed by atoms with Crippen LogP contribution < -0.4 is 11.1 Å². The first-order chi connectivity index (χ1) is 12.1. The summed E-state index contributed by atoms with van der Waals surface area (Å²) in [5.41, 5.74) is 11.4. The fraction of sp³-hybridized carbons (Fsp3) is 0.263. The summed E-state index contributed by atoms with van der Waals surface area (Å²) in [6.45, 7) is 3.68. The lowest BCUT2D eigenvalue weighted by atomic mass is 10.00. The monoisotopic (exact) mass is 335 g/mol. The number of nitrogens with zero attached hydrogens (tertiary/aromatic N) is 3. The molecule has 1 aliphatic rings. The molecule has 0 bridgehead atoms. The lowest BCUT2D eigenvalue weighted by Gasteiger charge is -2.18. The van der Waals surface area contributed by atoms with E-state index in [0.717, 1.165) is 54.0 Å². The van der Waals surface area contributed by atoms with Gasteiger partial charge < -0.3 is 20.4 Å². The Morgan fingerprint density at radius 3 is 2.88 bits per heavy atom. The van der Waals surface area contributed by atoms with Crippen molar-refractivity contribution in [3.63, 3.8) is 0 Å². The van der Waals surface area contributed by atoms with E-state index in [0.29, 0.717) is 5.69 Å². The molecule has 0 atom stereocenters. The summed E-state index contributed by atoms with van der Waals surface area (Å²) >= 11 is 0. The van der Waals surface area contributed by atoms with Crippen LogP contribution in [-0.4, -0.2) is 33.4 Å². The number of rotatable bonds is 2. The molecule has 1 saturated heterocycles. The minimum atomic E-state index is -0.0256. The average Bonchev–Trinajstić information content (AvgIpc) is 3.28. The predicted octanol–water partition coefficient (Wildman–Crippen LogP) is 3.52. The summed E-state index contributed by atoms with van der Waals surface area (Å²) in [7, 11) is 0. The fourth-order valence-electron chi connectivity index (χ4n) is 3.41. The Morgan fingerprint density at radius 1 is 1.28 bits per heavy atom. The molecule has 3 N–H and O–H groups in total. The molecule has 1 aromatic carbocycles. The molecule has 0 aliphatic carbocycles.